The van der Waals surface area contributed by atoms with Gasteiger partial charge in [-0.15, -0.1) is 0 Å². The summed E-state index contributed by atoms with van der Waals surface area (Å²) in [5.74, 6) is 6.57. The molecule has 0 aliphatic heterocycles. The second-order valence-corrected chi connectivity index (χ2v) is 4.07. The SMILES string of the molecule is Cc1ccc(F)c(C(NN)c2ccc(C)o2)c1. The van der Waals surface area contributed by atoms with Gasteiger partial charge in [0.15, 0.2) is 0 Å². The summed E-state index contributed by atoms with van der Waals surface area (Å²) in [5.41, 5.74) is 4.05. The van der Waals surface area contributed by atoms with Crippen LogP contribution in [0.15, 0.2) is 34.7 Å². The van der Waals surface area contributed by atoms with E-state index in [0.29, 0.717) is 11.3 Å². The molecule has 1 unspecified atom stereocenters. The molecule has 0 spiro atoms. The molecule has 0 radical (unpaired) electrons. The van der Waals surface area contributed by atoms with Crippen LogP contribution in [0.3, 0.4) is 0 Å². The average molecular weight is 234 g/mol. The van der Waals surface area contributed by atoms with Crippen molar-refractivity contribution < 1.29 is 8.81 Å². The zero-order valence-corrected chi connectivity index (χ0v) is 9.83. The number of hydrogen-bond donors (Lipinski definition) is 2. The van der Waals surface area contributed by atoms with Gasteiger partial charge in [-0.25, -0.2) is 9.82 Å². The van der Waals surface area contributed by atoms with Crippen LogP contribution in [0.2, 0.25) is 0 Å². The van der Waals surface area contributed by atoms with Gasteiger partial charge in [0.05, 0.1) is 0 Å². The lowest BCUT2D eigenvalue weighted by molar-refractivity contribution is 0.426. The highest BCUT2D eigenvalue weighted by molar-refractivity contribution is 5.31. The van der Waals surface area contributed by atoms with Crippen molar-refractivity contribution >= 4 is 0 Å². The van der Waals surface area contributed by atoms with E-state index in [4.69, 9.17) is 10.3 Å². The summed E-state index contributed by atoms with van der Waals surface area (Å²) in [4.78, 5) is 0. The van der Waals surface area contributed by atoms with Gasteiger partial charge in [-0.1, -0.05) is 17.7 Å². The Kier molecular flexibility index (Phi) is 3.26. The van der Waals surface area contributed by atoms with E-state index in [1.54, 1.807) is 18.2 Å². The lowest BCUT2D eigenvalue weighted by Crippen LogP contribution is -2.29. The molecule has 0 bridgehead atoms. The molecule has 0 aliphatic carbocycles. The largest absolute Gasteiger partial charge is 0.464 e. The van der Waals surface area contributed by atoms with Crippen LogP contribution in [0, 0.1) is 19.7 Å². The molecule has 4 heteroatoms. The van der Waals surface area contributed by atoms with Gasteiger partial charge in [0.1, 0.15) is 23.4 Å². The Bertz CT molecular complexity index is 522. The van der Waals surface area contributed by atoms with Crippen molar-refractivity contribution in [1.29, 1.82) is 0 Å². The van der Waals surface area contributed by atoms with Gasteiger partial charge in [0.25, 0.3) is 0 Å². The fourth-order valence-electron chi connectivity index (χ4n) is 1.82. The number of hydrazine groups is 1. The first kappa shape index (κ1) is 11.8. The van der Waals surface area contributed by atoms with Crippen LogP contribution in [-0.4, -0.2) is 0 Å². The molecular formula is C13H15FN2O. The van der Waals surface area contributed by atoms with E-state index in [1.807, 2.05) is 19.9 Å². The van der Waals surface area contributed by atoms with Crippen LogP contribution >= 0.6 is 0 Å². The molecule has 0 aliphatic rings. The third kappa shape index (κ3) is 2.38. The first-order valence-electron chi connectivity index (χ1n) is 5.40. The number of nitrogens with two attached hydrogens (primary N) is 1. The maximum absolute atomic E-state index is 13.8. The lowest BCUT2D eigenvalue weighted by atomic mass is 10.0. The van der Waals surface area contributed by atoms with Gasteiger partial charge in [-0.3, -0.25) is 5.84 Å². The van der Waals surface area contributed by atoms with Crippen LogP contribution in [0.4, 0.5) is 4.39 Å². The molecule has 0 amide bonds. The molecule has 2 rings (SSSR count). The topological polar surface area (TPSA) is 51.2 Å². The fraction of sp³-hybridized carbons (Fsp3) is 0.231. The molecule has 2 aromatic rings. The first-order chi connectivity index (χ1) is 8.11. The summed E-state index contributed by atoms with van der Waals surface area (Å²) in [6, 6.07) is 8.07. The second kappa shape index (κ2) is 4.69. The first-order valence-corrected chi connectivity index (χ1v) is 5.40. The summed E-state index contributed by atoms with van der Waals surface area (Å²) in [7, 11) is 0. The summed E-state index contributed by atoms with van der Waals surface area (Å²) in [5, 5.41) is 0. The lowest BCUT2D eigenvalue weighted by Gasteiger charge is -2.15. The summed E-state index contributed by atoms with van der Waals surface area (Å²) < 4.78 is 19.2. The van der Waals surface area contributed by atoms with Crippen molar-refractivity contribution in [2.24, 2.45) is 5.84 Å². The quantitative estimate of drug-likeness (QED) is 0.634. The predicted molar refractivity (Wildman–Crippen MR) is 63.7 cm³/mol. The summed E-state index contributed by atoms with van der Waals surface area (Å²) >= 11 is 0. The number of nitrogens with one attached hydrogen (secondary N) is 1. The molecule has 1 aromatic carbocycles. The fourth-order valence-corrected chi connectivity index (χ4v) is 1.82. The number of halogens is 1. The highest BCUT2D eigenvalue weighted by Crippen LogP contribution is 2.26. The molecule has 0 saturated heterocycles. The van der Waals surface area contributed by atoms with E-state index in [-0.39, 0.29) is 5.82 Å². The Morgan fingerprint density at radius 3 is 2.59 bits per heavy atom. The molecule has 17 heavy (non-hydrogen) atoms. The molecule has 3 N–H and O–H groups in total. The number of aryl methyl sites for hydroxylation is 2. The van der Waals surface area contributed by atoms with E-state index in [0.717, 1.165) is 11.3 Å². The van der Waals surface area contributed by atoms with E-state index in [1.165, 1.54) is 6.07 Å². The number of furan rings is 1. The number of rotatable bonds is 3. The van der Waals surface area contributed by atoms with Crippen LogP contribution in [0.5, 0.6) is 0 Å². The van der Waals surface area contributed by atoms with Crippen LogP contribution in [0.1, 0.15) is 28.7 Å². The third-order valence-electron chi connectivity index (χ3n) is 2.67. The number of benzene rings is 1. The van der Waals surface area contributed by atoms with Crippen LogP contribution in [0.25, 0.3) is 0 Å². The highest BCUT2D eigenvalue weighted by atomic mass is 19.1. The maximum atomic E-state index is 13.8. The maximum Gasteiger partial charge on any atom is 0.128 e. The average Bonchev–Trinajstić information content (AvgIpc) is 2.71. The van der Waals surface area contributed by atoms with Crippen molar-refractivity contribution in [2.75, 3.05) is 0 Å². The Labute approximate surface area is 99.4 Å². The minimum atomic E-state index is -0.469. The van der Waals surface area contributed by atoms with Gasteiger partial charge in [-0.2, -0.15) is 0 Å². The predicted octanol–water partition coefficient (Wildman–Crippen LogP) is 2.59. The standard InChI is InChI=1S/C13H15FN2O/c1-8-3-5-11(14)10(7-8)13(16-15)12-6-4-9(2)17-12/h3-7,13,16H,15H2,1-2H3. The highest BCUT2D eigenvalue weighted by Gasteiger charge is 2.19. The monoisotopic (exact) mass is 234 g/mol. The van der Waals surface area contributed by atoms with E-state index < -0.39 is 6.04 Å². The Hall–Kier alpha value is -1.65. The molecule has 1 atom stereocenters. The molecular weight excluding hydrogens is 219 g/mol. The van der Waals surface area contributed by atoms with Crippen molar-refractivity contribution in [1.82, 2.24) is 5.43 Å². The Morgan fingerprint density at radius 1 is 1.24 bits per heavy atom. The van der Waals surface area contributed by atoms with Gasteiger partial charge in [0.2, 0.25) is 0 Å². The van der Waals surface area contributed by atoms with Gasteiger partial charge in [-0.05, 0) is 32.0 Å². The summed E-state index contributed by atoms with van der Waals surface area (Å²) in [6.45, 7) is 3.74. The molecule has 0 saturated carbocycles. The van der Waals surface area contributed by atoms with E-state index in [2.05, 4.69) is 5.43 Å². The Morgan fingerprint density at radius 2 is 2.00 bits per heavy atom. The van der Waals surface area contributed by atoms with E-state index in [9.17, 15) is 4.39 Å². The minimum Gasteiger partial charge on any atom is -0.464 e. The van der Waals surface area contributed by atoms with Gasteiger partial charge in [0, 0.05) is 5.56 Å². The second-order valence-electron chi connectivity index (χ2n) is 4.07. The summed E-state index contributed by atoms with van der Waals surface area (Å²) in [6.07, 6.45) is 0. The van der Waals surface area contributed by atoms with Crippen LogP contribution in [-0.2, 0) is 0 Å². The third-order valence-corrected chi connectivity index (χ3v) is 2.67. The van der Waals surface area contributed by atoms with Gasteiger partial charge >= 0.3 is 0 Å². The zero-order chi connectivity index (χ0) is 12.4. The number of hydrogen-bond acceptors (Lipinski definition) is 3. The van der Waals surface area contributed by atoms with E-state index >= 15 is 0 Å². The van der Waals surface area contributed by atoms with Crippen molar-refractivity contribution in [3.05, 3.63) is 58.8 Å². The van der Waals surface area contributed by atoms with Crippen LogP contribution < -0.4 is 11.3 Å². The van der Waals surface area contributed by atoms with Crippen molar-refractivity contribution in [3.63, 3.8) is 0 Å². The molecule has 1 heterocycles. The normalized spacial score (nSPS) is 12.7. The smallest absolute Gasteiger partial charge is 0.128 e. The molecule has 0 fully saturated rings. The molecule has 3 nitrogen and oxygen atoms in total. The molecule has 90 valence electrons. The van der Waals surface area contributed by atoms with Gasteiger partial charge < -0.3 is 4.42 Å². The van der Waals surface area contributed by atoms with Crippen molar-refractivity contribution in [2.45, 2.75) is 19.9 Å². The van der Waals surface area contributed by atoms with Crippen molar-refractivity contribution in [3.8, 4) is 0 Å². The Balaban J connectivity index is 2.45. The zero-order valence-electron chi connectivity index (χ0n) is 9.83. The minimum absolute atomic E-state index is 0.299. The molecule has 1 aromatic heterocycles.